The Balaban J connectivity index is 1.59. The summed E-state index contributed by atoms with van der Waals surface area (Å²) < 4.78 is 4.54. The first-order valence-corrected chi connectivity index (χ1v) is 8.09. The second-order valence-electron chi connectivity index (χ2n) is 5.39. The summed E-state index contributed by atoms with van der Waals surface area (Å²) in [6.07, 6.45) is 9.14. The largest absolute Gasteiger partial charge is 0.392 e. The minimum absolute atomic E-state index is 0.0105. The Morgan fingerprint density at radius 3 is 2.88 bits per heavy atom. The third kappa shape index (κ3) is 2.93. The SMILES string of the molecule is OCc1ccc2nc(Cn3cc(-c4cncc(Br)c4)nn3)cn2c1. The van der Waals surface area contributed by atoms with Crippen LogP contribution in [0.5, 0.6) is 0 Å². The molecule has 1 N–H and O–H groups in total. The fourth-order valence-electron chi connectivity index (χ4n) is 2.49. The highest BCUT2D eigenvalue weighted by atomic mass is 79.9. The summed E-state index contributed by atoms with van der Waals surface area (Å²) in [6.45, 7) is 0.529. The van der Waals surface area contributed by atoms with Crippen molar-refractivity contribution in [1.82, 2.24) is 29.4 Å². The Morgan fingerprint density at radius 1 is 1.12 bits per heavy atom. The second-order valence-corrected chi connectivity index (χ2v) is 6.30. The summed E-state index contributed by atoms with van der Waals surface area (Å²) in [7, 11) is 0. The third-order valence-corrected chi connectivity index (χ3v) is 4.04. The lowest BCUT2D eigenvalue weighted by molar-refractivity contribution is 0.281. The van der Waals surface area contributed by atoms with Crippen LogP contribution in [0, 0.1) is 0 Å². The second kappa shape index (κ2) is 6.14. The van der Waals surface area contributed by atoms with Gasteiger partial charge >= 0.3 is 0 Å². The molecule has 4 aromatic heterocycles. The standard InChI is InChI=1S/C16H13BrN6O/c17-13-3-12(4-18-5-13)15-9-23(21-20-15)8-14-7-22-6-11(10-24)1-2-16(22)19-14/h1-7,9,24H,8,10H2. The highest BCUT2D eigenvalue weighted by Gasteiger charge is 2.08. The predicted octanol–water partition coefficient (Wildman–Crippen LogP) is 2.29. The monoisotopic (exact) mass is 384 g/mol. The van der Waals surface area contributed by atoms with E-state index in [4.69, 9.17) is 0 Å². The van der Waals surface area contributed by atoms with E-state index in [1.54, 1.807) is 17.1 Å². The maximum atomic E-state index is 9.20. The zero-order valence-corrected chi connectivity index (χ0v) is 14.1. The Morgan fingerprint density at radius 2 is 2.04 bits per heavy atom. The van der Waals surface area contributed by atoms with Gasteiger partial charge < -0.3 is 9.51 Å². The molecule has 0 saturated heterocycles. The molecule has 0 amide bonds. The molecule has 4 heterocycles. The molecule has 0 aliphatic heterocycles. The predicted molar refractivity (Wildman–Crippen MR) is 91.2 cm³/mol. The van der Waals surface area contributed by atoms with Crippen LogP contribution < -0.4 is 0 Å². The first-order chi connectivity index (χ1) is 11.7. The maximum Gasteiger partial charge on any atom is 0.137 e. The molecule has 24 heavy (non-hydrogen) atoms. The van der Waals surface area contributed by atoms with Gasteiger partial charge in [0.15, 0.2) is 0 Å². The number of pyridine rings is 2. The van der Waals surface area contributed by atoms with Crippen molar-refractivity contribution in [2.24, 2.45) is 0 Å². The molecular weight excluding hydrogens is 372 g/mol. The number of hydrogen-bond donors (Lipinski definition) is 1. The molecule has 0 aliphatic rings. The van der Waals surface area contributed by atoms with E-state index < -0.39 is 0 Å². The van der Waals surface area contributed by atoms with E-state index >= 15 is 0 Å². The molecule has 4 rings (SSSR count). The zero-order valence-electron chi connectivity index (χ0n) is 12.5. The maximum absolute atomic E-state index is 9.20. The Labute approximate surface area is 145 Å². The van der Waals surface area contributed by atoms with Crippen molar-refractivity contribution in [2.75, 3.05) is 0 Å². The number of rotatable bonds is 4. The summed E-state index contributed by atoms with van der Waals surface area (Å²) in [5.74, 6) is 0. The van der Waals surface area contributed by atoms with Crippen molar-refractivity contribution in [3.8, 4) is 11.3 Å². The summed E-state index contributed by atoms with van der Waals surface area (Å²) in [6, 6.07) is 5.69. The van der Waals surface area contributed by atoms with Crippen LogP contribution in [0.25, 0.3) is 16.9 Å². The number of hydrogen-bond acceptors (Lipinski definition) is 5. The van der Waals surface area contributed by atoms with Crippen LogP contribution in [0.2, 0.25) is 0 Å². The highest BCUT2D eigenvalue weighted by Crippen LogP contribution is 2.19. The molecule has 0 spiro atoms. The molecule has 0 fully saturated rings. The summed E-state index contributed by atoms with van der Waals surface area (Å²) in [5.41, 5.74) is 4.21. The van der Waals surface area contributed by atoms with Crippen molar-refractivity contribution in [2.45, 2.75) is 13.2 Å². The molecule has 0 atom stereocenters. The number of aliphatic hydroxyl groups excluding tert-OH is 1. The van der Waals surface area contributed by atoms with Gasteiger partial charge in [0.2, 0.25) is 0 Å². The molecular formula is C16H13BrN6O. The summed E-state index contributed by atoms with van der Waals surface area (Å²) >= 11 is 3.40. The highest BCUT2D eigenvalue weighted by molar-refractivity contribution is 9.10. The van der Waals surface area contributed by atoms with Gasteiger partial charge in [-0.05, 0) is 33.6 Å². The molecule has 0 bridgehead atoms. The van der Waals surface area contributed by atoms with Gasteiger partial charge in [-0.15, -0.1) is 5.10 Å². The fourth-order valence-corrected chi connectivity index (χ4v) is 2.85. The van der Waals surface area contributed by atoms with Crippen LogP contribution in [-0.2, 0) is 13.2 Å². The van der Waals surface area contributed by atoms with Crippen molar-refractivity contribution >= 4 is 21.6 Å². The van der Waals surface area contributed by atoms with Gasteiger partial charge in [0, 0.05) is 34.8 Å². The van der Waals surface area contributed by atoms with Crippen LogP contribution in [0.3, 0.4) is 0 Å². The number of nitrogens with zero attached hydrogens (tertiary/aromatic N) is 6. The van der Waals surface area contributed by atoms with Crippen molar-refractivity contribution in [3.05, 3.63) is 64.9 Å². The van der Waals surface area contributed by atoms with E-state index in [0.717, 1.165) is 32.6 Å². The average molecular weight is 385 g/mol. The van der Waals surface area contributed by atoms with Crippen LogP contribution in [0.4, 0.5) is 0 Å². The molecule has 120 valence electrons. The van der Waals surface area contributed by atoms with Crippen LogP contribution in [0.15, 0.2) is 53.7 Å². The molecule has 0 unspecified atom stereocenters. The lowest BCUT2D eigenvalue weighted by atomic mass is 10.2. The Kier molecular flexibility index (Phi) is 3.83. The van der Waals surface area contributed by atoms with E-state index in [9.17, 15) is 5.11 Å². The molecule has 0 aromatic carbocycles. The normalized spacial score (nSPS) is 11.2. The van der Waals surface area contributed by atoms with E-state index in [0.29, 0.717) is 6.54 Å². The van der Waals surface area contributed by atoms with E-state index in [1.807, 2.05) is 41.2 Å². The van der Waals surface area contributed by atoms with Crippen molar-refractivity contribution < 1.29 is 5.11 Å². The van der Waals surface area contributed by atoms with Crippen molar-refractivity contribution in [3.63, 3.8) is 0 Å². The number of halogens is 1. The van der Waals surface area contributed by atoms with E-state index in [2.05, 4.69) is 36.2 Å². The number of aliphatic hydroxyl groups is 1. The number of fused-ring (bicyclic) bond motifs is 1. The summed E-state index contributed by atoms with van der Waals surface area (Å²) in [4.78, 5) is 8.69. The topological polar surface area (TPSA) is 81.1 Å². The first-order valence-electron chi connectivity index (χ1n) is 7.30. The lowest BCUT2D eigenvalue weighted by Gasteiger charge is -1.96. The molecule has 7 nitrogen and oxygen atoms in total. The zero-order chi connectivity index (χ0) is 16.5. The van der Waals surface area contributed by atoms with Gasteiger partial charge in [-0.2, -0.15) is 0 Å². The molecule has 0 saturated carbocycles. The third-order valence-electron chi connectivity index (χ3n) is 3.61. The van der Waals surface area contributed by atoms with Crippen LogP contribution in [-0.4, -0.2) is 34.5 Å². The minimum Gasteiger partial charge on any atom is -0.392 e. The lowest BCUT2D eigenvalue weighted by Crippen LogP contribution is -2.00. The Bertz CT molecular complexity index is 1010. The molecule has 0 aliphatic carbocycles. The van der Waals surface area contributed by atoms with Gasteiger partial charge in [0.1, 0.15) is 11.3 Å². The van der Waals surface area contributed by atoms with Gasteiger partial charge in [-0.25, -0.2) is 9.67 Å². The van der Waals surface area contributed by atoms with Gasteiger partial charge in [-0.1, -0.05) is 11.3 Å². The minimum atomic E-state index is 0.0105. The Hall–Kier alpha value is -2.58. The number of aromatic nitrogens is 6. The quantitative estimate of drug-likeness (QED) is 0.583. The average Bonchev–Trinajstić information content (AvgIpc) is 3.20. The van der Waals surface area contributed by atoms with Crippen LogP contribution >= 0.6 is 15.9 Å². The molecule has 4 aromatic rings. The van der Waals surface area contributed by atoms with Crippen LogP contribution in [0.1, 0.15) is 11.3 Å². The van der Waals surface area contributed by atoms with E-state index in [1.165, 1.54) is 0 Å². The van der Waals surface area contributed by atoms with E-state index in [-0.39, 0.29) is 6.61 Å². The van der Waals surface area contributed by atoms with Gasteiger partial charge in [-0.3, -0.25) is 4.98 Å². The number of imidazole rings is 1. The molecule has 0 radical (unpaired) electrons. The molecule has 8 heteroatoms. The summed E-state index contributed by atoms with van der Waals surface area (Å²) in [5, 5.41) is 17.6. The van der Waals surface area contributed by atoms with Gasteiger partial charge in [0.05, 0.1) is 25.0 Å². The fraction of sp³-hybridized carbons (Fsp3) is 0.125. The smallest absolute Gasteiger partial charge is 0.137 e. The van der Waals surface area contributed by atoms with Crippen molar-refractivity contribution in [1.29, 1.82) is 0 Å². The van der Waals surface area contributed by atoms with Gasteiger partial charge in [0.25, 0.3) is 0 Å². The first kappa shape index (κ1) is 15.0.